The molecule has 4 aromatic rings. The van der Waals surface area contributed by atoms with Crippen LogP contribution in [-0.4, -0.2) is 26.7 Å². The van der Waals surface area contributed by atoms with Crippen LogP contribution in [0.1, 0.15) is 0 Å². The monoisotopic (exact) mass is 668 g/mol. The Morgan fingerprint density at radius 1 is 0.341 bits per heavy atom. The first-order valence-corrected chi connectivity index (χ1v) is 20.1. The van der Waals surface area contributed by atoms with Crippen LogP contribution >= 0.6 is 29.5 Å². The van der Waals surface area contributed by atoms with Crippen molar-refractivity contribution in [2.24, 2.45) is 0 Å². The summed E-state index contributed by atoms with van der Waals surface area (Å²) >= 11 is 0. The smallest absolute Gasteiger partial charge is 0.796 e. The molecule has 0 radical (unpaired) electrons. The van der Waals surface area contributed by atoms with Gasteiger partial charge in [-0.05, 0) is 47.9 Å². The van der Waals surface area contributed by atoms with Gasteiger partial charge in [0.05, 0.1) is 0 Å². The van der Waals surface area contributed by atoms with Gasteiger partial charge in [0.25, 0.3) is 0 Å². The quantitative estimate of drug-likeness (QED) is 0.237. The molecular weight excluding hydrogens is 636 g/mol. The Morgan fingerprint density at radius 2 is 0.463 bits per heavy atom. The molecule has 0 amide bonds. The Labute approximate surface area is 257 Å². The van der Waals surface area contributed by atoms with Gasteiger partial charge in [0, 0.05) is 29.5 Å². The van der Waals surface area contributed by atoms with E-state index >= 15 is 0 Å². The zero-order valence-electron chi connectivity index (χ0n) is 23.1. The minimum atomic E-state index is -3.27. The first-order chi connectivity index (χ1) is 18.4. The molecule has 0 aliphatic carbocycles. The Balaban J connectivity index is 0.000000516. The molecule has 41 heavy (non-hydrogen) atoms. The molecular formula is C28H32O8P4Ti. The van der Waals surface area contributed by atoms with Crippen molar-refractivity contribution >= 4 is 50.7 Å². The summed E-state index contributed by atoms with van der Waals surface area (Å²) in [4.78, 5) is 43.4. The number of rotatable bonds is 4. The average Bonchev–Trinajstić information content (AvgIpc) is 2.90. The van der Waals surface area contributed by atoms with Crippen molar-refractivity contribution in [2.75, 3.05) is 26.7 Å². The van der Waals surface area contributed by atoms with Crippen LogP contribution in [0.4, 0.5) is 0 Å². The second-order valence-electron chi connectivity index (χ2n) is 8.73. The molecule has 4 rings (SSSR count). The first kappa shape index (κ1) is 39.4. The van der Waals surface area contributed by atoms with Gasteiger partial charge < -0.3 is 37.8 Å². The Morgan fingerprint density at radius 3 is 0.537 bits per heavy atom. The Bertz CT molecular complexity index is 1240. The summed E-state index contributed by atoms with van der Waals surface area (Å²) in [6.07, 6.45) is 0. The number of hydrogen-bond acceptors (Lipinski definition) is 8. The van der Waals surface area contributed by atoms with Gasteiger partial charge in [0.1, 0.15) is 0 Å². The maximum atomic E-state index is 10.9. The second-order valence-corrected chi connectivity index (χ2v) is 17.6. The number of benzene rings is 4. The average molecular weight is 668 g/mol. The molecule has 0 saturated carbocycles. The van der Waals surface area contributed by atoms with Gasteiger partial charge in [-0.25, -0.2) is 0 Å². The predicted octanol–water partition coefficient (Wildman–Crippen LogP) is 2.32. The maximum Gasteiger partial charge on any atom is 4.00 e. The summed E-state index contributed by atoms with van der Waals surface area (Å²) in [5, 5.41) is 1.59. The molecule has 8 nitrogen and oxygen atoms in total. The molecule has 0 saturated heterocycles. The minimum absolute atomic E-state index is 0. The number of hydrogen-bond donors (Lipinski definition) is 0. The predicted molar refractivity (Wildman–Crippen MR) is 158 cm³/mol. The van der Waals surface area contributed by atoms with Crippen LogP contribution in [0.2, 0.25) is 0 Å². The molecule has 0 aliphatic heterocycles. The van der Waals surface area contributed by atoms with Crippen molar-refractivity contribution < 1.29 is 59.6 Å². The van der Waals surface area contributed by atoms with E-state index in [9.17, 15) is 37.8 Å². The van der Waals surface area contributed by atoms with Gasteiger partial charge in [-0.2, -0.15) is 0 Å². The SMILES string of the molecule is CP(=O)([O-])c1ccccc1.CP(=O)([O-])c1ccccc1.CP(=O)([O-])c1ccccc1.CP(=O)([O-])c1ccccc1.[Ti+4]. The van der Waals surface area contributed by atoms with Crippen LogP contribution in [0, 0.1) is 0 Å². The van der Waals surface area contributed by atoms with E-state index < -0.39 is 29.5 Å². The molecule has 0 N–H and O–H groups in total. The van der Waals surface area contributed by atoms with Crippen molar-refractivity contribution in [3.8, 4) is 0 Å². The fourth-order valence-electron chi connectivity index (χ4n) is 2.80. The van der Waals surface area contributed by atoms with E-state index in [1.165, 1.54) is 26.7 Å². The molecule has 0 spiro atoms. The third kappa shape index (κ3) is 17.2. The Kier molecular flexibility index (Phi) is 17.4. The van der Waals surface area contributed by atoms with Crippen LogP contribution in [-0.2, 0) is 40.0 Å². The second kappa shape index (κ2) is 18.1. The molecule has 4 atom stereocenters. The van der Waals surface area contributed by atoms with E-state index in [2.05, 4.69) is 0 Å². The summed E-state index contributed by atoms with van der Waals surface area (Å²) in [5.41, 5.74) is 0. The van der Waals surface area contributed by atoms with Gasteiger partial charge in [-0.15, -0.1) is 0 Å². The van der Waals surface area contributed by atoms with Crippen LogP contribution in [0.15, 0.2) is 121 Å². The van der Waals surface area contributed by atoms with Crippen molar-refractivity contribution in [3.63, 3.8) is 0 Å². The van der Waals surface area contributed by atoms with Crippen LogP contribution in [0.5, 0.6) is 0 Å². The molecule has 0 heterocycles. The zero-order chi connectivity index (χ0) is 30.5. The normalized spacial score (nSPS) is 15.8. The molecule has 13 heteroatoms. The standard InChI is InChI=1S/4C7H9O2P.Ti/c4*1-10(8,9)7-5-3-2-4-6-7;/h4*2-6H,1H3,(H,8,9);/q;;;;+4/p-4. The molecule has 0 fully saturated rings. The van der Waals surface area contributed by atoms with Gasteiger partial charge in [-0.1, -0.05) is 121 Å². The fraction of sp³-hybridized carbons (Fsp3) is 0.143. The van der Waals surface area contributed by atoms with Gasteiger partial charge in [0.15, 0.2) is 0 Å². The molecule has 216 valence electrons. The largest absolute Gasteiger partial charge is 4.00 e. The first-order valence-electron chi connectivity index (χ1n) is 11.8. The van der Waals surface area contributed by atoms with Crippen molar-refractivity contribution in [2.45, 2.75) is 0 Å². The van der Waals surface area contributed by atoms with Crippen molar-refractivity contribution in [1.29, 1.82) is 0 Å². The fourth-order valence-corrected chi connectivity index (χ4v) is 5.65. The van der Waals surface area contributed by atoms with E-state index in [0.717, 1.165) is 0 Å². The molecule has 0 aliphatic rings. The van der Waals surface area contributed by atoms with E-state index in [1.807, 2.05) is 0 Å². The summed E-state index contributed by atoms with van der Waals surface area (Å²) in [6.45, 7) is 4.90. The molecule has 4 unspecified atom stereocenters. The van der Waals surface area contributed by atoms with E-state index in [-0.39, 0.29) is 21.7 Å². The van der Waals surface area contributed by atoms with Crippen LogP contribution in [0.25, 0.3) is 0 Å². The molecule has 0 aromatic heterocycles. The summed E-state index contributed by atoms with van der Waals surface area (Å²) in [5.74, 6) is 0. The summed E-state index contributed by atoms with van der Waals surface area (Å²) in [7, 11) is -13.1. The Hall–Kier alpha value is -1.65. The minimum Gasteiger partial charge on any atom is -0.796 e. The molecule has 4 aromatic carbocycles. The molecule has 0 bridgehead atoms. The van der Waals surface area contributed by atoms with Gasteiger partial charge in [-0.3, -0.25) is 0 Å². The van der Waals surface area contributed by atoms with Crippen molar-refractivity contribution in [3.05, 3.63) is 121 Å². The van der Waals surface area contributed by atoms with Gasteiger partial charge in [0.2, 0.25) is 0 Å². The van der Waals surface area contributed by atoms with Crippen LogP contribution < -0.4 is 40.8 Å². The maximum absolute atomic E-state index is 10.9. The topological polar surface area (TPSA) is 161 Å². The zero-order valence-corrected chi connectivity index (χ0v) is 28.2. The third-order valence-electron chi connectivity index (χ3n) is 4.90. The van der Waals surface area contributed by atoms with E-state index in [0.29, 0.717) is 21.2 Å². The van der Waals surface area contributed by atoms with Crippen LogP contribution in [0.3, 0.4) is 0 Å². The third-order valence-corrected chi connectivity index (χ3v) is 9.85. The van der Waals surface area contributed by atoms with E-state index in [4.69, 9.17) is 0 Å². The van der Waals surface area contributed by atoms with E-state index in [1.54, 1.807) is 121 Å². The summed E-state index contributed by atoms with van der Waals surface area (Å²) in [6, 6.07) is 33.6. The van der Waals surface area contributed by atoms with Gasteiger partial charge >= 0.3 is 21.7 Å². The summed E-state index contributed by atoms with van der Waals surface area (Å²) < 4.78 is 43.4. The van der Waals surface area contributed by atoms with Crippen molar-refractivity contribution in [1.82, 2.24) is 0 Å².